The standard InChI is InChI=1S/C24H32FN3O.C9H13N/c1-2-26-24(29)22-21-14-7-6-10-18(15-17-9-8-11-19(25)16-17)23(21)28(27-22)20-12-4-3-5-13-20;1-2-10-9-5-3-4-7-6-8(7)9/h8-9,11,16,18,20H,2-7,10,12-15H2,1H3,(H,26,29);3-5,7-8,10H,2,6H2,1H3. The Morgan fingerprint density at radius 2 is 1.90 bits per heavy atom. The molecule has 1 aromatic heterocycles. The first kappa shape index (κ1) is 27.7. The Kier molecular flexibility index (Phi) is 9.21. The second-order valence-electron chi connectivity index (χ2n) is 11.6. The van der Waals surface area contributed by atoms with Crippen molar-refractivity contribution in [3.8, 4) is 0 Å². The summed E-state index contributed by atoms with van der Waals surface area (Å²) in [6.07, 6.45) is 19.1. The number of nitrogens with zero attached hydrogens (tertiary/aromatic N) is 2. The predicted molar refractivity (Wildman–Crippen MR) is 155 cm³/mol. The van der Waals surface area contributed by atoms with Crippen LogP contribution in [0.25, 0.3) is 0 Å². The van der Waals surface area contributed by atoms with Crippen LogP contribution >= 0.6 is 0 Å². The zero-order chi connectivity index (χ0) is 27.2. The third-order valence-corrected chi connectivity index (χ3v) is 8.76. The zero-order valence-electron chi connectivity index (χ0n) is 23.7. The number of carbonyl (C=O) groups excluding carboxylic acids is 1. The van der Waals surface area contributed by atoms with Crippen LogP contribution in [0.2, 0.25) is 0 Å². The number of halogens is 1. The van der Waals surface area contributed by atoms with Crippen molar-refractivity contribution in [3.05, 3.63) is 76.5 Å². The van der Waals surface area contributed by atoms with Gasteiger partial charge in [0.1, 0.15) is 5.82 Å². The van der Waals surface area contributed by atoms with Crippen LogP contribution in [0.4, 0.5) is 4.39 Å². The molecule has 0 radical (unpaired) electrons. The van der Waals surface area contributed by atoms with Gasteiger partial charge in [-0.2, -0.15) is 5.10 Å². The molecule has 1 amide bonds. The summed E-state index contributed by atoms with van der Waals surface area (Å²) in [7, 11) is 0. The topological polar surface area (TPSA) is 59.0 Å². The molecule has 0 aliphatic heterocycles. The first-order valence-corrected chi connectivity index (χ1v) is 15.3. The van der Waals surface area contributed by atoms with Crippen molar-refractivity contribution in [1.29, 1.82) is 0 Å². The van der Waals surface area contributed by atoms with Gasteiger partial charge in [0.25, 0.3) is 5.91 Å². The van der Waals surface area contributed by atoms with E-state index in [1.54, 1.807) is 12.1 Å². The SMILES string of the molecule is CCNC(=O)c1nn(C2CCCCC2)c2c1CCCCC2Cc1cccc(F)c1.CCNC1=CC=CC2CC12. The van der Waals surface area contributed by atoms with Crippen molar-refractivity contribution in [2.45, 2.75) is 96.4 Å². The Bertz CT molecular complexity index is 1190. The van der Waals surface area contributed by atoms with E-state index in [1.807, 2.05) is 13.0 Å². The van der Waals surface area contributed by atoms with Gasteiger partial charge in [-0.1, -0.05) is 50.0 Å². The van der Waals surface area contributed by atoms with Gasteiger partial charge in [0.2, 0.25) is 0 Å². The molecule has 6 rings (SSSR count). The predicted octanol–water partition coefficient (Wildman–Crippen LogP) is 7.02. The Morgan fingerprint density at radius 1 is 1.08 bits per heavy atom. The van der Waals surface area contributed by atoms with Gasteiger partial charge in [0, 0.05) is 41.9 Å². The van der Waals surface area contributed by atoms with Gasteiger partial charge in [-0.3, -0.25) is 9.48 Å². The highest BCUT2D eigenvalue weighted by atomic mass is 19.1. The number of benzene rings is 1. The van der Waals surface area contributed by atoms with Gasteiger partial charge < -0.3 is 10.6 Å². The van der Waals surface area contributed by atoms with Crippen molar-refractivity contribution >= 4 is 5.91 Å². The number of nitrogens with one attached hydrogen (secondary N) is 2. The molecule has 1 aromatic carbocycles. The van der Waals surface area contributed by atoms with E-state index in [-0.39, 0.29) is 17.6 Å². The second kappa shape index (κ2) is 13.0. The lowest BCUT2D eigenvalue weighted by Gasteiger charge is -2.27. The summed E-state index contributed by atoms with van der Waals surface area (Å²) >= 11 is 0. The Balaban J connectivity index is 0.000000257. The molecule has 0 spiro atoms. The summed E-state index contributed by atoms with van der Waals surface area (Å²) in [6.45, 7) is 5.76. The van der Waals surface area contributed by atoms with Crippen LogP contribution in [-0.4, -0.2) is 28.8 Å². The zero-order valence-corrected chi connectivity index (χ0v) is 23.7. The molecule has 4 aliphatic rings. The number of carbonyl (C=O) groups is 1. The minimum absolute atomic E-state index is 0.0512. The van der Waals surface area contributed by atoms with Gasteiger partial charge in [0.15, 0.2) is 5.69 Å². The first-order valence-electron chi connectivity index (χ1n) is 15.3. The number of hydrogen-bond donors (Lipinski definition) is 2. The maximum Gasteiger partial charge on any atom is 0.272 e. The van der Waals surface area contributed by atoms with Crippen molar-refractivity contribution < 1.29 is 9.18 Å². The molecule has 2 aromatic rings. The van der Waals surface area contributed by atoms with E-state index in [0.717, 1.165) is 74.5 Å². The van der Waals surface area contributed by atoms with Crippen molar-refractivity contribution in [2.24, 2.45) is 11.8 Å². The number of hydrogen-bond acceptors (Lipinski definition) is 3. The summed E-state index contributed by atoms with van der Waals surface area (Å²) in [5, 5.41) is 11.3. The van der Waals surface area contributed by atoms with Gasteiger partial charge in [-0.25, -0.2) is 4.39 Å². The number of amides is 1. The largest absolute Gasteiger partial charge is 0.388 e. The van der Waals surface area contributed by atoms with Gasteiger partial charge in [-0.05, 0) is 88.5 Å². The molecular formula is C33H45FN4O. The highest BCUT2D eigenvalue weighted by molar-refractivity contribution is 5.94. The molecule has 2 fully saturated rings. The highest BCUT2D eigenvalue weighted by Gasteiger charge is 2.39. The van der Waals surface area contributed by atoms with Crippen LogP contribution in [-0.2, 0) is 12.8 Å². The lowest BCUT2D eigenvalue weighted by Crippen LogP contribution is -2.24. The Hall–Kier alpha value is -2.89. The maximum absolute atomic E-state index is 13.8. The molecule has 1 heterocycles. The van der Waals surface area contributed by atoms with Gasteiger partial charge >= 0.3 is 0 Å². The maximum atomic E-state index is 13.8. The van der Waals surface area contributed by atoms with Crippen LogP contribution in [0.1, 0.15) is 111 Å². The van der Waals surface area contributed by atoms with Crippen LogP contribution in [0.5, 0.6) is 0 Å². The first-order chi connectivity index (χ1) is 19.1. The molecule has 3 unspecified atom stereocenters. The van der Waals surface area contributed by atoms with E-state index in [9.17, 15) is 9.18 Å². The molecular weight excluding hydrogens is 487 g/mol. The fourth-order valence-corrected chi connectivity index (χ4v) is 6.77. The number of allylic oxidation sites excluding steroid dienone is 4. The summed E-state index contributed by atoms with van der Waals surface area (Å²) in [5.74, 6) is 1.78. The van der Waals surface area contributed by atoms with Crippen molar-refractivity contribution in [3.63, 3.8) is 0 Å². The Labute approximate surface area is 233 Å². The molecule has 3 atom stereocenters. The number of aromatic nitrogens is 2. The van der Waals surface area contributed by atoms with E-state index in [2.05, 4.69) is 40.5 Å². The average Bonchev–Trinajstić information content (AvgIpc) is 3.69. The number of fused-ring (bicyclic) bond motifs is 2. The molecule has 0 saturated heterocycles. The van der Waals surface area contributed by atoms with Crippen LogP contribution in [0, 0.1) is 17.7 Å². The molecule has 0 bridgehead atoms. The molecule has 39 heavy (non-hydrogen) atoms. The third-order valence-electron chi connectivity index (χ3n) is 8.76. The minimum atomic E-state index is -0.180. The molecule has 6 heteroatoms. The van der Waals surface area contributed by atoms with Crippen LogP contribution in [0.3, 0.4) is 0 Å². The third kappa shape index (κ3) is 6.64. The average molecular weight is 533 g/mol. The van der Waals surface area contributed by atoms with E-state index < -0.39 is 0 Å². The second-order valence-corrected chi connectivity index (χ2v) is 11.6. The fourth-order valence-electron chi connectivity index (χ4n) is 6.77. The minimum Gasteiger partial charge on any atom is -0.388 e. The summed E-state index contributed by atoms with van der Waals surface area (Å²) in [4.78, 5) is 12.8. The van der Waals surface area contributed by atoms with Crippen LogP contribution < -0.4 is 10.6 Å². The van der Waals surface area contributed by atoms with Crippen molar-refractivity contribution in [1.82, 2.24) is 20.4 Å². The molecule has 210 valence electrons. The summed E-state index contributed by atoms with van der Waals surface area (Å²) in [6, 6.07) is 7.34. The lowest BCUT2D eigenvalue weighted by atomic mass is 9.89. The summed E-state index contributed by atoms with van der Waals surface area (Å²) in [5.41, 5.74) is 5.49. The van der Waals surface area contributed by atoms with Gasteiger partial charge in [0.05, 0.1) is 6.04 Å². The van der Waals surface area contributed by atoms with Crippen molar-refractivity contribution in [2.75, 3.05) is 13.1 Å². The van der Waals surface area contributed by atoms with Crippen LogP contribution in [0.15, 0.2) is 48.2 Å². The normalized spacial score (nSPS) is 23.9. The van der Waals surface area contributed by atoms with E-state index >= 15 is 0 Å². The quantitative estimate of drug-likeness (QED) is 0.377. The molecule has 2 saturated carbocycles. The highest BCUT2D eigenvalue weighted by Crippen LogP contribution is 2.46. The molecule has 5 nitrogen and oxygen atoms in total. The lowest BCUT2D eigenvalue weighted by molar-refractivity contribution is 0.0948. The van der Waals surface area contributed by atoms with E-state index in [0.29, 0.717) is 18.3 Å². The van der Waals surface area contributed by atoms with Gasteiger partial charge in [-0.15, -0.1) is 0 Å². The molecule has 4 aliphatic carbocycles. The van der Waals surface area contributed by atoms with E-state index in [4.69, 9.17) is 5.10 Å². The fraction of sp³-hybridized carbons (Fsp3) is 0.576. The monoisotopic (exact) mass is 532 g/mol. The smallest absolute Gasteiger partial charge is 0.272 e. The van der Waals surface area contributed by atoms with E-state index in [1.165, 1.54) is 43.1 Å². The summed E-state index contributed by atoms with van der Waals surface area (Å²) < 4.78 is 16.0. The Morgan fingerprint density at radius 3 is 2.67 bits per heavy atom. The number of rotatable bonds is 7. The molecule has 2 N–H and O–H groups in total.